The number of hydrogen-bond acceptors (Lipinski definition) is 4. The predicted octanol–water partition coefficient (Wildman–Crippen LogP) is 6.75. The molecule has 1 N–H and O–H groups in total. The van der Waals surface area contributed by atoms with Gasteiger partial charge in [-0.1, -0.05) is 38.0 Å². The van der Waals surface area contributed by atoms with Crippen molar-refractivity contribution < 1.29 is 9.53 Å². The summed E-state index contributed by atoms with van der Waals surface area (Å²) in [5.74, 6) is 6.49. The molecular weight excluding hydrogens is 520 g/mol. The molecule has 218 valence electrons. The first-order chi connectivity index (χ1) is 20.4. The summed E-state index contributed by atoms with van der Waals surface area (Å²) in [7, 11) is 3.56. The van der Waals surface area contributed by atoms with E-state index in [4.69, 9.17) is 11.2 Å². The van der Waals surface area contributed by atoms with Crippen LogP contribution in [0.2, 0.25) is 0 Å². The number of aromatic nitrogens is 2. The van der Waals surface area contributed by atoms with Gasteiger partial charge in [-0.25, -0.2) is 4.98 Å². The molecule has 4 saturated carbocycles. The molecule has 5 aliphatic rings. The number of anilines is 1. The van der Waals surface area contributed by atoms with E-state index in [1.807, 2.05) is 13.1 Å². The molecule has 8 rings (SSSR count). The molecule has 1 aliphatic heterocycles. The van der Waals surface area contributed by atoms with Crippen LogP contribution in [0.25, 0.3) is 0 Å². The molecule has 0 radical (unpaired) electrons. The first-order valence-corrected chi connectivity index (χ1v) is 15.8. The van der Waals surface area contributed by atoms with Gasteiger partial charge < -0.3 is 19.5 Å². The number of imidazole rings is 1. The van der Waals surface area contributed by atoms with E-state index < -0.39 is 0 Å². The average molecular weight is 563 g/mol. The van der Waals surface area contributed by atoms with Gasteiger partial charge in [0.15, 0.2) is 5.82 Å². The first kappa shape index (κ1) is 27.1. The third-order valence-corrected chi connectivity index (χ3v) is 10.7. The van der Waals surface area contributed by atoms with Gasteiger partial charge in [0.05, 0.1) is 13.2 Å². The topological polar surface area (TPSA) is 59.4 Å². The van der Waals surface area contributed by atoms with Crippen LogP contribution in [0.3, 0.4) is 0 Å². The maximum Gasteiger partial charge on any atom is 0.275 e. The first-order valence-electron chi connectivity index (χ1n) is 15.8. The lowest BCUT2D eigenvalue weighted by molar-refractivity contribution is 0.0560. The minimum atomic E-state index is -0.226. The van der Waals surface area contributed by atoms with Crippen LogP contribution in [0, 0.1) is 30.1 Å². The Morgan fingerprint density at radius 1 is 1.14 bits per heavy atom. The van der Waals surface area contributed by atoms with Gasteiger partial charge in [-0.3, -0.25) is 4.79 Å². The average Bonchev–Trinajstić information content (AvgIpc) is 3.58. The lowest BCUT2D eigenvalue weighted by Crippen LogP contribution is -2.48. The molecule has 6 heteroatoms. The largest absolute Gasteiger partial charge is 0.497 e. The highest BCUT2D eigenvalue weighted by molar-refractivity contribution is 5.93. The molecule has 6 nitrogen and oxygen atoms in total. The van der Waals surface area contributed by atoms with Gasteiger partial charge in [0.2, 0.25) is 0 Å². The SMILES string of the molecule is C#Cc1nc(C(=O)N2C(CCCC)Cc3cc(OC)ccc3C2c2ccc(NC34CC5CC(CC3C5)C4)cc2)cn1C. The molecule has 4 aliphatic carbocycles. The van der Waals surface area contributed by atoms with E-state index in [-0.39, 0.29) is 23.5 Å². The smallest absolute Gasteiger partial charge is 0.275 e. The maximum absolute atomic E-state index is 14.4. The number of terminal acetylenes is 1. The van der Waals surface area contributed by atoms with E-state index in [1.165, 1.54) is 43.4 Å². The summed E-state index contributed by atoms with van der Waals surface area (Å²) >= 11 is 0. The van der Waals surface area contributed by atoms with Crippen molar-refractivity contribution in [3.05, 3.63) is 76.9 Å². The minimum absolute atomic E-state index is 0.0412. The zero-order chi connectivity index (χ0) is 29.0. The Balaban J connectivity index is 1.27. The summed E-state index contributed by atoms with van der Waals surface area (Å²) < 4.78 is 7.37. The van der Waals surface area contributed by atoms with Crippen LogP contribution in [0.5, 0.6) is 5.75 Å². The lowest BCUT2D eigenvalue weighted by atomic mass is 9.80. The van der Waals surface area contributed by atoms with Crippen LogP contribution in [-0.4, -0.2) is 39.0 Å². The quantitative estimate of drug-likeness (QED) is 0.309. The molecule has 1 amide bonds. The number of methoxy groups -OCH3 is 1. The number of amides is 1. The van der Waals surface area contributed by atoms with Gasteiger partial charge in [-0.2, -0.15) is 0 Å². The zero-order valence-corrected chi connectivity index (χ0v) is 25.1. The van der Waals surface area contributed by atoms with Crippen LogP contribution in [0.15, 0.2) is 48.7 Å². The van der Waals surface area contributed by atoms with Gasteiger partial charge in [-0.15, -0.1) is 6.42 Å². The minimum Gasteiger partial charge on any atom is -0.497 e. The normalized spacial score (nSPS) is 28.9. The Morgan fingerprint density at radius 2 is 1.90 bits per heavy atom. The van der Waals surface area contributed by atoms with Crippen LogP contribution in [0.4, 0.5) is 5.69 Å². The lowest BCUT2D eigenvalue weighted by Gasteiger charge is -2.44. The monoisotopic (exact) mass is 562 g/mol. The molecular formula is C36H42N4O2. The summed E-state index contributed by atoms with van der Waals surface area (Å²) in [6, 6.07) is 15.1. The molecule has 2 aromatic carbocycles. The standard InChI is InChI=1S/C36H42N4O2/c1-5-7-8-29-18-26-19-30(42-4)13-14-31(26)34(40(29)35(41)32-22-39(3)33(6-2)37-32)25-9-11-28(12-10-25)38-36-20-23-15-24(21-36)17-27(36)16-23/h2,9-14,19,22-24,27,29,34,38H,5,7-8,15-18,20-21H2,1,3-4H3. The second kappa shape index (κ2) is 10.5. The molecule has 3 aromatic rings. The molecule has 0 saturated heterocycles. The van der Waals surface area contributed by atoms with Crippen molar-refractivity contribution in [2.45, 2.75) is 82.3 Å². The van der Waals surface area contributed by atoms with Crippen LogP contribution < -0.4 is 10.1 Å². The van der Waals surface area contributed by atoms with E-state index >= 15 is 0 Å². The van der Waals surface area contributed by atoms with Crippen molar-refractivity contribution in [1.82, 2.24) is 14.5 Å². The maximum atomic E-state index is 14.4. The third kappa shape index (κ3) is 4.49. The van der Waals surface area contributed by atoms with Crippen molar-refractivity contribution in [1.29, 1.82) is 0 Å². The summed E-state index contributed by atoms with van der Waals surface area (Å²) in [5, 5.41) is 4.02. The Labute approximate surface area is 249 Å². The van der Waals surface area contributed by atoms with Gasteiger partial charge in [0.25, 0.3) is 5.91 Å². The Bertz CT molecular complexity index is 1520. The zero-order valence-electron chi connectivity index (χ0n) is 25.1. The van der Waals surface area contributed by atoms with Crippen LogP contribution >= 0.6 is 0 Å². The highest BCUT2D eigenvalue weighted by atomic mass is 16.5. The van der Waals surface area contributed by atoms with Crippen molar-refractivity contribution in [2.75, 3.05) is 12.4 Å². The molecule has 4 bridgehead atoms. The number of unbranched alkanes of at least 4 members (excludes halogenated alkanes) is 1. The Hall–Kier alpha value is -3.72. The van der Waals surface area contributed by atoms with Crippen molar-refractivity contribution in [2.24, 2.45) is 24.8 Å². The molecule has 0 spiro atoms. The summed E-state index contributed by atoms with van der Waals surface area (Å²) in [5.41, 5.74) is 5.39. The fourth-order valence-electron chi connectivity index (χ4n) is 9.04. The van der Waals surface area contributed by atoms with E-state index in [2.05, 4.69) is 64.4 Å². The molecule has 4 unspecified atom stereocenters. The highest BCUT2D eigenvalue weighted by Crippen LogP contribution is 2.61. The Morgan fingerprint density at radius 3 is 2.57 bits per heavy atom. The molecule has 4 fully saturated rings. The second-order valence-electron chi connectivity index (χ2n) is 13.3. The second-order valence-corrected chi connectivity index (χ2v) is 13.3. The number of hydrogen-bond donors (Lipinski definition) is 1. The number of ether oxygens (including phenoxy) is 1. The van der Waals surface area contributed by atoms with Crippen molar-refractivity contribution in [3.8, 4) is 18.1 Å². The molecule has 1 aromatic heterocycles. The van der Waals surface area contributed by atoms with Crippen molar-refractivity contribution >= 4 is 11.6 Å². The summed E-state index contributed by atoms with van der Waals surface area (Å²) in [6.07, 6.45) is 18.2. The number of nitrogens with one attached hydrogen (secondary N) is 1. The number of fused-ring (bicyclic) bond motifs is 1. The van der Waals surface area contributed by atoms with Gasteiger partial charge in [0.1, 0.15) is 11.4 Å². The molecule has 2 heterocycles. The number of carbonyl (C=O) groups is 1. The summed E-state index contributed by atoms with van der Waals surface area (Å²) in [4.78, 5) is 21.0. The van der Waals surface area contributed by atoms with Gasteiger partial charge >= 0.3 is 0 Å². The van der Waals surface area contributed by atoms with Gasteiger partial charge in [-0.05, 0) is 110 Å². The number of aryl methyl sites for hydroxylation is 1. The number of rotatable bonds is 8. The number of benzene rings is 2. The number of carbonyl (C=O) groups excluding carboxylic acids is 1. The van der Waals surface area contributed by atoms with Crippen molar-refractivity contribution in [3.63, 3.8) is 0 Å². The summed E-state index contributed by atoms with van der Waals surface area (Å²) in [6.45, 7) is 2.20. The highest BCUT2D eigenvalue weighted by Gasteiger charge is 2.57. The van der Waals surface area contributed by atoms with E-state index in [0.29, 0.717) is 11.5 Å². The van der Waals surface area contributed by atoms with Crippen LogP contribution in [0.1, 0.15) is 97.3 Å². The number of nitrogens with zero attached hydrogens (tertiary/aromatic N) is 3. The molecule has 42 heavy (non-hydrogen) atoms. The fraction of sp³-hybridized carbons (Fsp3) is 0.500. The third-order valence-electron chi connectivity index (χ3n) is 10.7. The molecule has 4 atom stereocenters. The van der Waals surface area contributed by atoms with Gasteiger partial charge in [0, 0.05) is 30.5 Å². The van der Waals surface area contributed by atoms with Crippen LogP contribution in [-0.2, 0) is 13.5 Å². The predicted molar refractivity (Wildman–Crippen MR) is 166 cm³/mol. The van der Waals surface area contributed by atoms with E-state index in [9.17, 15) is 4.79 Å². The Kier molecular flexibility index (Phi) is 6.80. The van der Waals surface area contributed by atoms with E-state index in [0.717, 1.165) is 60.3 Å². The fourth-order valence-corrected chi connectivity index (χ4v) is 9.04. The van der Waals surface area contributed by atoms with E-state index in [1.54, 1.807) is 17.9 Å².